The second-order valence-corrected chi connectivity index (χ2v) is 5.35. The Balaban J connectivity index is 2.74. The lowest BCUT2D eigenvalue weighted by Crippen LogP contribution is -2.52. The average molecular weight is 268 g/mol. The van der Waals surface area contributed by atoms with Crippen LogP contribution in [-0.4, -0.2) is 46.7 Å². The Morgan fingerprint density at radius 2 is 2.00 bits per heavy atom. The van der Waals surface area contributed by atoms with Gasteiger partial charge in [0.25, 0.3) is 0 Å². The molecule has 0 aliphatic carbocycles. The van der Waals surface area contributed by atoms with Crippen molar-refractivity contribution in [3.63, 3.8) is 0 Å². The van der Waals surface area contributed by atoms with Gasteiger partial charge in [-0.05, 0) is 27.2 Å². The maximum absolute atomic E-state index is 11.8. The summed E-state index contributed by atoms with van der Waals surface area (Å²) in [5, 5.41) is 3.43. The Hall–Kier alpha value is -1.14. The standard InChI is InChI=1S/C12H20N4OS/c1-12(2,10(17)13-3)16(4)8-9-6-14-11(18-5)15-7-9/h6-7H,8H2,1-5H3,(H,13,17). The van der Waals surface area contributed by atoms with Gasteiger partial charge in [0.05, 0.1) is 5.54 Å². The van der Waals surface area contributed by atoms with Gasteiger partial charge in [-0.25, -0.2) is 9.97 Å². The molecule has 0 unspecified atom stereocenters. The summed E-state index contributed by atoms with van der Waals surface area (Å²) in [6.45, 7) is 4.42. The van der Waals surface area contributed by atoms with Gasteiger partial charge in [0.15, 0.2) is 5.16 Å². The quantitative estimate of drug-likeness (QED) is 0.641. The summed E-state index contributed by atoms with van der Waals surface area (Å²) in [5.74, 6) is -0.00773. The molecular weight excluding hydrogens is 248 g/mol. The Morgan fingerprint density at radius 3 is 2.44 bits per heavy atom. The van der Waals surface area contributed by atoms with Gasteiger partial charge in [0, 0.05) is 31.5 Å². The van der Waals surface area contributed by atoms with E-state index in [9.17, 15) is 4.79 Å². The number of thioether (sulfide) groups is 1. The van der Waals surface area contributed by atoms with E-state index in [1.165, 1.54) is 11.8 Å². The van der Waals surface area contributed by atoms with E-state index < -0.39 is 5.54 Å². The molecule has 0 bridgehead atoms. The van der Waals surface area contributed by atoms with Crippen molar-refractivity contribution in [1.82, 2.24) is 20.2 Å². The third-order valence-electron chi connectivity index (χ3n) is 3.02. The van der Waals surface area contributed by atoms with Crippen molar-refractivity contribution in [2.24, 2.45) is 0 Å². The highest BCUT2D eigenvalue weighted by Crippen LogP contribution is 2.16. The molecule has 0 atom stereocenters. The van der Waals surface area contributed by atoms with Crippen LogP contribution in [0.4, 0.5) is 0 Å². The minimum absolute atomic E-state index is 0.00773. The molecule has 0 aliphatic rings. The molecular formula is C12H20N4OS. The van der Waals surface area contributed by atoms with Gasteiger partial charge in [-0.2, -0.15) is 0 Å². The molecule has 1 aromatic heterocycles. The molecule has 0 radical (unpaired) electrons. The van der Waals surface area contributed by atoms with Crippen molar-refractivity contribution in [3.05, 3.63) is 18.0 Å². The smallest absolute Gasteiger partial charge is 0.239 e. The van der Waals surface area contributed by atoms with Crippen molar-refractivity contribution in [1.29, 1.82) is 0 Å². The normalized spacial score (nSPS) is 11.7. The highest BCUT2D eigenvalue weighted by molar-refractivity contribution is 7.98. The lowest BCUT2D eigenvalue weighted by molar-refractivity contribution is -0.130. The number of carbonyl (C=O) groups excluding carboxylic acids is 1. The zero-order valence-electron chi connectivity index (χ0n) is 11.5. The van der Waals surface area contributed by atoms with Gasteiger partial charge in [-0.15, -0.1) is 0 Å². The first kappa shape index (κ1) is 14.9. The number of nitrogens with zero attached hydrogens (tertiary/aromatic N) is 3. The molecule has 1 heterocycles. The molecule has 0 fully saturated rings. The molecule has 0 aliphatic heterocycles. The number of aromatic nitrogens is 2. The van der Waals surface area contributed by atoms with Crippen LogP contribution in [0.15, 0.2) is 17.6 Å². The number of hydrogen-bond donors (Lipinski definition) is 1. The van der Waals surface area contributed by atoms with Crippen LogP contribution in [0.2, 0.25) is 0 Å². The summed E-state index contributed by atoms with van der Waals surface area (Å²) in [5.41, 5.74) is 0.430. The Kier molecular flexibility index (Phi) is 5.10. The number of likely N-dealkylation sites (N-methyl/N-ethyl adjacent to an activating group) is 2. The van der Waals surface area contributed by atoms with Crippen LogP contribution >= 0.6 is 11.8 Å². The lowest BCUT2D eigenvalue weighted by atomic mass is 10.0. The Morgan fingerprint density at radius 1 is 1.44 bits per heavy atom. The number of hydrogen-bond acceptors (Lipinski definition) is 5. The van der Waals surface area contributed by atoms with Crippen LogP contribution < -0.4 is 5.32 Å². The molecule has 1 amide bonds. The highest BCUT2D eigenvalue weighted by atomic mass is 32.2. The fourth-order valence-corrected chi connectivity index (χ4v) is 1.80. The molecule has 0 aromatic carbocycles. The summed E-state index contributed by atoms with van der Waals surface area (Å²) in [6.07, 6.45) is 5.54. The predicted octanol–water partition coefficient (Wildman–Crippen LogP) is 1.15. The Labute approximate surface area is 112 Å². The summed E-state index contributed by atoms with van der Waals surface area (Å²) in [7, 11) is 3.56. The monoisotopic (exact) mass is 268 g/mol. The van der Waals surface area contributed by atoms with Crippen LogP contribution in [0.25, 0.3) is 0 Å². The Bertz CT molecular complexity index is 405. The number of carbonyl (C=O) groups is 1. The number of nitrogens with one attached hydrogen (secondary N) is 1. The zero-order valence-corrected chi connectivity index (χ0v) is 12.3. The molecule has 0 saturated carbocycles. The molecule has 0 saturated heterocycles. The molecule has 1 N–H and O–H groups in total. The first-order valence-corrected chi connectivity index (χ1v) is 6.92. The summed E-state index contributed by atoms with van der Waals surface area (Å²) in [6, 6.07) is 0. The molecule has 18 heavy (non-hydrogen) atoms. The summed E-state index contributed by atoms with van der Waals surface area (Å²) >= 11 is 1.51. The van der Waals surface area contributed by atoms with Gasteiger partial charge in [0.1, 0.15) is 0 Å². The van der Waals surface area contributed by atoms with Crippen LogP contribution in [0.3, 0.4) is 0 Å². The molecule has 5 nitrogen and oxygen atoms in total. The minimum Gasteiger partial charge on any atom is -0.358 e. The fourth-order valence-electron chi connectivity index (χ4n) is 1.48. The third-order valence-corrected chi connectivity index (χ3v) is 3.60. The van der Waals surface area contributed by atoms with E-state index in [4.69, 9.17) is 0 Å². The topological polar surface area (TPSA) is 58.1 Å². The second kappa shape index (κ2) is 6.15. The van der Waals surface area contributed by atoms with Crippen molar-refractivity contribution < 1.29 is 4.79 Å². The SMILES string of the molecule is CNC(=O)C(C)(C)N(C)Cc1cnc(SC)nc1. The van der Waals surface area contributed by atoms with Crippen molar-refractivity contribution in [2.75, 3.05) is 20.4 Å². The van der Waals surface area contributed by atoms with E-state index in [-0.39, 0.29) is 5.91 Å². The lowest BCUT2D eigenvalue weighted by Gasteiger charge is -2.33. The molecule has 6 heteroatoms. The number of rotatable bonds is 5. The maximum Gasteiger partial charge on any atom is 0.239 e. The van der Waals surface area contributed by atoms with E-state index in [0.29, 0.717) is 6.54 Å². The van der Waals surface area contributed by atoms with Gasteiger partial charge in [-0.3, -0.25) is 9.69 Å². The van der Waals surface area contributed by atoms with E-state index in [1.807, 2.05) is 32.1 Å². The largest absolute Gasteiger partial charge is 0.358 e. The van der Waals surface area contributed by atoms with Crippen molar-refractivity contribution >= 4 is 17.7 Å². The van der Waals surface area contributed by atoms with E-state index >= 15 is 0 Å². The van der Waals surface area contributed by atoms with E-state index in [1.54, 1.807) is 19.4 Å². The predicted molar refractivity (Wildman–Crippen MR) is 73.4 cm³/mol. The fraction of sp³-hybridized carbons (Fsp3) is 0.583. The minimum atomic E-state index is -0.563. The second-order valence-electron chi connectivity index (χ2n) is 4.57. The molecule has 0 spiro atoms. The first-order valence-electron chi connectivity index (χ1n) is 5.70. The van der Waals surface area contributed by atoms with Crippen LogP contribution in [0, 0.1) is 0 Å². The van der Waals surface area contributed by atoms with Gasteiger partial charge in [-0.1, -0.05) is 11.8 Å². The van der Waals surface area contributed by atoms with Gasteiger partial charge in [0.2, 0.25) is 5.91 Å². The van der Waals surface area contributed by atoms with Crippen LogP contribution in [0.1, 0.15) is 19.4 Å². The van der Waals surface area contributed by atoms with Crippen LogP contribution in [0.5, 0.6) is 0 Å². The summed E-state index contributed by atoms with van der Waals surface area (Å²) in [4.78, 5) is 22.2. The van der Waals surface area contributed by atoms with Crippen molar-refractivity contribution in [3.8, 4) is 0 Å². The van der Waals surface area contributed by atoms with Gasteiger partial charge < -0.3 is 5.32 Å². The number of amides is 1. The molecule has 1 rings (SSSR count). The van der Waals surface area contributed by atoms with E-state index in [0.717, 1.165) is 10.7 Å². The third kappa shape index (κ3) is 3.43. The van der Waals surface area contributed by atoms with E-state index in [2.05, 4.69) is 15.3 Å². The average Bonchev–Trinajstić information content (AvgIpc) is 2.38. The zero-order chi connectivity index (χ0) is 13.8. The van der Waals surface area contributed by atoms with Gasteiger partial charge >= 0.3 is 0 Å². The first-order chi connectivity index (χ1) is 8.41. The van der Waals surface area contributed by atoms with Crippen molar-refractivity contribution in [2.45, 2.75) is 31.1 Å². The molecule has 1 aromatic rings. The summed E-state index contributed by atoms with van der Waals surface area (Å²) < 4.78 is 0. The molecule has 100 valence electrons. The van der Waals surface area contributed by atoms with Crippen LogP contribution in [-0.2, 0) is 11.3 Å². The maximum atomic E-state index is 11.8. The highest BCUT2D eigenvalue weighted by Gasteiger charge is 2.31.